The van der Waals surface area contributed by atoms with Crippen LogP contribution < -0.4 is 14.4 Å². The molecule has 1 aliphatic rings. The highest BCUT2D eigenvalue weighted by molar-refractivity contribution is 7.89. The summed E-state index contributed by atoms with van der Waals surface area (Å²) < 4.78 is 58.5. The third-order valence-electron chi connectivity index (χ3n) is 6.05. The first kappa shape index (κ1) is 24.1. The van der Waals surface area contributed by atoms with E-state index in [2.05, 4.69) is 19.7 Å². The zero-order valence-corrected chi connectivity index (χ0v) is 20.3. The molecule has 1 fully saturated rings. The van der Waals surface area contributed by atoms with Gasteiger partial charge in [0.1, 0.15) is 11.4 Å². The van der Waals surface area contributed by atoms with Gasteiger partial charge in [0.2, 0.25) is 16.0 Å². The Morgan fingerprint density at radius 2 is 1.86 bits per heavy atom. The fraction of sp³-hybridized carbons (Fsp3) is 0.292. The second kappa shape index (κ2) is 9.78. The number of nitrogens with one attached hydrogen (secondary N) is 1. The summed E-state index contributed by atoms with van der Waals surface area (Å²) in [6.07, 6.45) is 5.68. The van der Waals surface area contributed by atoms with Gasteiger partial charge in [0.25, 0.3) is 0 Å². The number of anilines is 1. The number of halogens is 2. The van der Waals surface area contributed by atoms with Gasteiger partial charge in [-0.15, -0.1) is 0 Å². The molecule has 5 rings (SSSR count). The van der Waals surface area contributed by atoms with Gasteiger partial charge in [-0.3, -0.25) is 0 Å². The molecule has 1 saturated heterocycles. The first-order chi connectivity index (χ1) is 17.3. The number of ether oxygens (including phenoxy) is 1. The lowest BCUT2D eigenvalue weighted by Gasteiger charge is -2.19. The van der Waals surface area contributed by atoms with Crippen molar-refractivity contribution in [2.75, 3.05) is 30.3 Å². The average Bonchev–Trinajstić information content (AvgIpc) is 3.03. The number of nitrogens with zero attached hydrogens (tertiary/aromatic N) is 5. The molecule has 0 aliphatic carbocycles. The normalized spacial score (nSPS) is 15.8. The lowest BCUT2D eigenvalue weighted by atomic mass is 10.1. The van der Waals surface area contributed by atoms with Crippen LogP contribution in [0.1, 0.15) is 17.0 Å². The molecule has 12 heteroatoms. The third kappa shape index (κ3) is 5.14. The lowest BCUT2D eigenvalue weighted by Crippen LogP contribution is -2.29. The van der Waals surface area contributed by atoms with E-state index in [1.54, 1.807) is 30.6 Å². The Morgan fingerprint density at radius 1 is 1.08 bits per heavy atom. The number of hydrogen-bond donors (Lipinski definition) is 1. The maximum atomic E-state index is 12.9. The Morgan fingerprint density at radius 3 is 2.64 bits per heavy atom. The van der Waals surface area contributed by atoms with E-state index >= 15 is 0 Å². The van der Waals surface area contributed by atoms with E-state index in [0.717, 1.165) is 28.2 Å². The number of rotatable bonds is 6. The number of alkyl halides is 2. The van der Waals surface area contributed by atoms with Crippen molar-refractivity contribution < 1.29 is 21.9 Å². The maximum Gasteiger partial charge on any atom is 0.387 e. The number of aromatic nitrogens is 4. The minimum atomic E-state index is -3.27. The van der Waals surface area contributed by atoms with Gasteiger partial charge in [-0.05, 0) is 25.1 Å². The number of sulfonamides is 1. The Kier molecular flexibility index (Phi) is 6.54. The van der Waals surface area contributed by atoms with Crippen molar-refractivity contribution in [2.45, 2.75) is 20.0 Å². The molecule has 0 amide bonds. The molecule has 0 atom stereocenters. The Hall–Kier alpha value is -3.64. The third-order valence-corrected chi connectivity index (χ3v) is 7.42. The molecule has 0 radical (unpaired) electrons. The predicted octanol–water partition coefficient (Wildman–Crippen LogP) is 3.03. The van der Waals surface area contributed by atoms with Gasteiger partial charge in [0.05, 0.1) is 11.4 Å². The van der Waals surface area contributed by atoms with Crippen LogP contribution in [0.2, 0.25) is 0 Å². The summed E-state index contributed by atoms with van der Waals surface area (Å²) in [6.45, 7) is 0.0815. The van der Waals surface area contributed by atoms with Crippen LogP contribution in [0.4, 0.5) is 14.7 Å². The van der Waals surface area contributed by atoms with Crippen molar-refractivity contribution in [3.63, 3.8) is 0 Å². The second-order valence-electron chi connectivity index (χ2n) is 8.42. The minimum Gasteiger partial charge on any atom is -0.435 e. The molecule has 188 valence electrons. The largest absolute Gasteiger partial charge is 0.435 e. The van der Waals surface area contributed by atoms with Crippen molar-refractivity contribution in [1.29, 1.82) is 0 Å². The first-order valence-corrected chi connectivity index (χ1v) is 13.0. The van der Waals surface area contributed by atoms with Crippen molar-refractivity contribution in [2.24, 2.45) is 0 Å². The van der Waals surface area contributed by atoms with Gasteiger partial charge in [0, 0.05) is 67.0 Å². The molecule has 0 bridgehead atoms. The Labute approximate surface area is 206 Å². The molecule has 9 nitrogen and oxygen atoms in total. The van der Waals surface area contributed by atoms with Crippen molar-refractivity contribution in [1.82, 2.24) is 24.1 Å². The van der Waals surface area contributed by atoms with Crippen LogP contribution >= 0.6 is 0 Å². The summed E-state index contributed by atoms with van der Waals surface area (Å²) in [5, 5.41) is 0. The smallest absolute Gasteiger partial charge is 0.387 e. The van der Waals surface area contributed by atoms with Crippen LogP contribution in [0.3, 0.4) is 0 Å². The zero-order chi connectivity index (χ0) is 25.3. The fourth-order valence-corrected chi connectivity index (χ4v) is 5.23. The van der Waals surface area contributed by atoms with Gasteiger partial charge in [0.15, 0.2) is 0 Å². The summed E-state index contributed by atoms with van der Waals surface area (Å²) in [7, 11) is -3.27. The van der Waals surface area contributed by atoms with Crippen LogP contribution in [-0.4, -0.2) is 59.8 Å². The summed E-state index contributed by atoms with van der Waals surface area (Å²) in [6, 6.07) is 10.5. The van der Waals surface area contributed by atoms with Gasteiger partial charge >= 0.3 is 6.61 Å². The fourth-order valence-electron chi connectivity index (χ4n) is 4.22. The van der Waals surface area contributed by atoms with E-state index in [0.29, 0.717) is 37.6 Å². The number of fused-ring (bicyclic) bond motifs is 1. The van der Waals surface area contributed by atoms with Gasteiger partial charge in [-0.2, -0.15) is 8.78 Å². The number of pyridine rings is 1. The van der Waals surface area contributed by atoms with Crippen molar-refractivity contribution in [3.8, 4) is 16.9 Å². The summed E-state index contributed by atoms with van der Waals surface area (Å²) in [5.41, 5.74) is 4.64. The molecule has 1 aliphatic heterocycles. The molecule has 4 aromatic rings. The second-order valence-corrected chi connectivity index (χ2v) is 10.4. The van der Waals surface area contributed by atoms with E-state index in [1.165, 1.54) is 6.07 Å². The van der Waals surface area contributed by atoms with Gasteiger partial charge < -0.3 is 14.0 Å². The van der Waals surface area contributed by atoms with Crippen LogP contribution in [0.5, 0.6) is 5.75 Å². The highest BCUT2D eigenvalue weighted by Gasteiger charge is 2.20. The number of hydrogen-bond acceptors (Lipinski definition) is 7. The maximum absolute atomic E-state index is 12.9. The van der Waals surface area contributed by atoms with Crippen molar-refractivity contribution in [3.05, 3.63) is 71.9 Å². The van der Waals surface area contributed by atoms with Crippen LogP contribution in [0, 0.1) is 6.92 Å². The van der Waals surface area contributed by atoms with E-state index in [9.17, 15) is 17.2 Å². The quantitative estimate of drug-likeness (QED) is 0.422. The van der Waals surface area contributed by atoms with E-state index < -0.39 is 16.6 Å². The molecule has 1 aromatic carbocycles. The molecule has 0 saturated carbocycles. The first-order valence-electron chi connectivity index (χ1n) is 11.3. The standard InChI is InChI=1S/C24H24F2N6O3S/c1-16-20(12-17-4-2-3-5-21(17)35-23(25)26)32-15-18(6-7-22(32)30-16)19-13-27-24(28-14-19)31-9-8-29-36(33,34)11-10-31/h2-7,13-15,23,29H,8-12H2,1H3. The SMILES string of the molecule is Cc1nc2ccc(-c3cnc(N4CCNS(=O)(=O)CC4)nc3)cn2c1Cc1ccccc1OC(F)F. The number of benzene rings is 1. The van der Waals surface area contributed by atoms with Gasteiger partial charge in [-0.1, -0.05) is 18.2 Å². The number of aryl methyl sites for hydroxylation is 1. The summed E-state index contributed by atoms with van der Waals surface area (Å²) in [5.74, 6) is 0.593. The summed E-state index contributed by atoms with van der Waals surface area (Å²) in [4.78, 5) is 15.4. The Bertz CT molecular complexity index is 1490. The molecular formula is C24H24F2N6O3S. The highest BCUT2D eigenvalue weighted by Crippen LogP contribution is 2.27. The van der Waals surface area contributed by atoms with Gasteiger partial charge in [-0.25, -0.2) is 28.1 Å². The van der Waals surface area contributed by atoms with Crippen LogP contribution in [0.15, 0.2) is 55.0 Å². The molecule has 4 heterocycles. The monoisotopic (exact) mass is 514 g/mol. The zero-order valence-electron chi connectivity index (χ0n) is 19.4. The molecule has 0 unspecified atom stereocenters. The molecule has 36 heavy (non-hydrogen) atoms. The van der Waals surface area contributed by atoms with Crippen LogP contribution in [0.25, 0.3) is 16.8 Å². The molecule has 0 spiro atoms. The van der Waals surface area contributed by atoms with Crippen LogP contribution in [-0.2, 0) is 16.4 Å². The van der Waals surface area contributed by atoms with Crippen molar-refractivity contribution >= 4 is 21.6 Å². The van der Waals surface area contributed by atoms with E-state index in [4.69, 9.17) is 4.74 Å². The average molecular weight is 515 g/mol. The predicted molar refractivity (Wildman–Crippen MR) is 131 cm³/mol. The highest BCUT2D eigenvalue weighted by atomic mass is 32.2. The van der Waals surface area contributed by atoms with E-state index in [-0.39, 0.29) is 11.5 Å². The minimum absolute atomic E-state index is 0.0109. The summed E-state index contributed by atoms with van der Waals surface area (Å²) >= 11 is 0. The molecule has 1 N–H and O–H groups in total. The molecule has 3 aromatic heterocycles. The Balaban J connectivity index is 1.43. The number of para-hydroxylation sites is 1. The topological polar surface area (TPSA) is 102 Å². The van der Waals surface area contributed by atoms with E-state index in [1.807, 2.05) is 34.6 Å². The lowest BCUT2D eigenvalue weighted by molar-refractivity contribution is -0.0504. The molecular weight excluding hydrogens is 490 g/mol. The number of imidazole rings is 1.